The molecule has 142 valence electrons. The highest BCUT2D eigenvalue weighted by Crippen LogP contribution is 2.24. The minimum absolute atomic E-state index is 0.101. The molecule has 1 aromatic heterocycles. The Hall–Kier alpha value is -1.54. The minimum Gasteiger partial charge on any atom is -0.494 e. The van der Waals surface area contributed by atoms with Crippen LogP contribution in [0, 0.1) is 19.8 Å². The van der Waals surface area contributed by atoms with Gasteiger partial charge in [0.15, 0.2) is 9.84 Å². The van der Waals surface area contributed by atoms with Crippen LogP contribution < -0.4 is 4.74 Å². The van der Waals surface area contributed by atoms with Crippen LogP contribution in [0.3, 0.4) is 0 Å². The number of nitrogens with zero attached hydrogens (tertiary/aromatic N) is 2. The van der Waals surface area contributed by atoms with Crippen LogP contribution in [0.2, 0.25) is 0 Å². The van der Waals surface area contributed by atoms with Crippen molar-refractivity contribution >= 4 is 21.6 Å². The topological polar surface area (TPSA) is 82.3 Å². The Morgan fingerprint density at radius 3 is 2.69 bits per heavy atom. The van der Waals surface area contributed by atoms with Crippen LogP contribution in [-0.2, 0) is 16.3 Å². The Kier molecular flexibility index (Phi) is 6.24. The van der Waals surface area contributed by atoms with Crippen LogP contribution in [0.15, 0.2) is 27.8 Å². The summed E-state index contributed by atoms with van der Waals surface area (Å²) in [5, 5.41) is 8.59. The molecule has 0 spiro atoms. The van der Waals surface area contributed by atoms with Gasteiger partial charge in [-0.2, -0.15) is 0 Å². The van der Waals surface area contributed by atoms with Gasteiger partial charge in [-0.15, -0.1) is 10.2 Å². The summed E-state index contributed by atoms with van der Waals surface area (Å²) in [4.78, 5) is 0. The lowest BCUT2D eigenvalue weighted by Gasteiger charge is -2.07. The van der Waals surface area contributed by atoms with Gasteiger partial charge in [0.2, 0.25) is 5.89 Å². The lowest BCUT2D eigenvalue weighted by Crippen LogP contribution is -2.07. The van der Waals surface area contributed by atoms with E-state index in [4.69, 9.17) is 9.15 Å². The van der Waals surface area contributed by atoms with Crippen LogP contribution in [0.25, 0.3) is 0 Å². The van der Waals surface area contributed by atoms with Gasteiger partial charge in [0, 0.05) is 12.2 Å². The van der Waals surface area contributed by atoms with E-state index in [1.54, 1.807) is 0 Å². The number of hydrogen-bond donors (Lipinski definition) is 0. The average molecular weight is 397 g/mol. The molecule has 8 heteroatoms. The SMILES string of the molecule is Cc1cc(C)cc(OCCCSc2nnc(CC3CCS(=O)(=O)C3)o2)c1. The first-order valence-corrected chi connectivity index (χ1v) is 11.6. The van der Waals surface area contributed by atoms with Crippen molar-refractivity contribution in [3.63, 3.8) is 0 Å². The summed E-state index contributed by atoms with van der Waals surface area (Å²) in [6.07, 6.45) is 2.10. The van der Waals surface area contributed by atoms with Crippen molar-refractivity contribution in [2.75, 3.05) is 23.9 Å². The first-order chi connectivity index (χ1) is 12.4. The highest BCUT2D eigenvalue weighted by molar-refractivity contribution is 7.99. The molecular formula is C18H24N2O4S2. The van der Waals surface area contributed by atoms with E-state index in [1.807, 2.05) is 12.1 Å². The molecule has 0 aliphatic carbocycles. The average Bonchev–Trinajstić information content (AvgIpc) is 3.12. The molecule has 0 N–H and O–H groups in total. The second-order valence-electron chi connectivity index (χ2n) is 6.81. The maximum absolute atomic E-state index is 11.5. The monoisotopic (exact) mass is 396 g/mol. The van der Waals surface area contributed by atoms with Gasteiger partial charge in [0.1, 0.15) is 5.75 Å². The molecule has 0 radical (unpaired) electrons. The van der Waals surface area contributed by atoms with Crippen LogP contribution in [0.4, 0.5) is 0 Å². The van der Waals surface area contributed by atoms with E-state index in [0.29, 0.717) is 30.6 Å². The van der Waals surface area contributed by atoms with Gasteiger partial charge in [-0.3, -0.25) is 0 Å². The fourth-order valence-corrected chi connectivity index (χ4v) is 5.64. The molecular weight excluding hydrogens is 372 g/mol. The van der Waals surface area contributed by atoms with E-state index < -0.39 is 9.84 Å². The third kappa shape index (κ3) is 5.74. The first-order valence-electron chi connectivity index (χ1n) is 8.76. The predicted octanol–water partition coefficient (Wildman–Crippen LogP) is 3.22. The van der Waals surface area contributed by atoms with Gasteiger partial charge in [0.05, 0.1) is 18.1 Å². The zero-order valence-electron chi connectivity index (χ0n) is 15.1. The number of sulfone groups is 1. The molecule has 6 nitrogen and oxygen atoms in total. The molecule has 1 fully saturated rings. The quantitative estimate of drug-likeness (QED) is 0.500. The van der Waals surface area contributed by atoms with Gasteiger partial charge in [0.25, 0.3) is 5.22 Å². The first kappa shape index (κ1) is 19.2. The summed E-state index contributed by atoms with van der Waals surface area (Å²) < 4.78 is 34.4. The Morgan fingerprint density at radius 1 is 1.23 bits per heavy atom. The normalized spacial score (nSPS) is 18.9. The molecule has 1 aliphatic heterocycles. The second kappa shape index (κ2) is 8.43. The van der Waals surface area contributed by atoms with E-state index in [-0.39, 0.29) is 17.4 Å². The highest BCUT2D eigenvalue weighted by Gasteiger charge is 2.29. The maximum atomic E-state index is 11.5. The van der Waals surface area contributed by atoms with Crippen molar-refractivity contribution in [3.8, 4) is 5.75 Å². The number of hydrogen-bond acceptors (Lipinski definition) is 7. The number of rotatable bonds is 8. The van der Waals surface area contributed by atoms with E-state index in [0.717, 1.165) is 17.9 Å². The summed E-state index contributed by atoms with van der Waals surface area (Å²) in [6.45, 7) is 4.75. The van der Waals surface area contributed by atoms with Gasteiger partial charge in [-0.1, -0.05) is 17.8 Å². The van der Waals surface area contributed by atoms with Crippen LogP contribution in [0.1, 0.15) is 29.9 Å². The lowest BCUT2D eigenvalue weighted by molar-refractivity contribution is 0.318. The summed E-state index contributed by atoms with van der Waals surface area (Å²) in [5.41, 5.74) is 2.39. The smallest absolute Gasteiger partial charge is 0.276 e. The van der Waals surface area contributed by atoms with Crippen molar-refractivity contribution in [2.24, 2.45) is 5.92 Å². The molecule has 0 bridgehead atoms. The largest absolute Gasteiger partial charge is 0.494 e. The fourth-order valence-electron chi connectivity index (χ4n) is 3.08. The van der Waals surface area contributed by atoms with Crippen molar-refractivity contribution < 1.29 is 17.6 Å². The molecule has 1 atom stereocenters. The van der Waals surface area contributed by atoms with Gasteiger partial charge < -0.3 is 9.15 Å². The maximum Gasteiger partial charge on any atom is 0.276 e. The molecule has 26 heavy (non-hydrogen) atoms. The fraction of sp³-hybridized carbons (Fsp3) is 0.556. The Balaban J connectivity index is 1.37. The molecule has 1 aromatic carbocycles. The molecule has 1 saturated heterocycles. The number of aromatic nitrogens is 2. The van der Waals surface area contributed by atoms with Gasteiger partial charge in [-0.25, -0.2) is 8.42 Å². The van der Waals surface area contributed by atoms with Crippen LogP contribution >= 0.6 is 11.8 Å². The van der Waals surface area contributed by atoms with Gasteiger partial charge >= 0.3 is 0 Å². The van der Waals surface area contributed by atoms with E-state index in [9.17, 15) is 8.42 Å². The molecule has 1 aliphatic rings. The van der Waals surface area contributed by atoms with E-state index in [2.05, 4.69) is 30.1 Å². The molecule has 2 aromatic rings. The third-order valence-corrected chi connectivity index (χ3v) is 6.96. The highest BCUT2D eigenvalue weighted by atomic mass is 32.2. The zero-order valence-corrected chi connectivity index (χ0v) is 16.7. The van der Waals surface area contributed by atoms with Gasteiger partial charge in [-0.05, 0) is 55.9 Å². The molecule has 2 heterocycles. The van der Waals surface area contributed by atoms with E-state index >= 15 is 0 Å². The number of thioether (sulfide) groups is 1. The third-order valence-electron chi connectivity index (χ3n) is 4.22. The molecule has 3 rings (SSSR count). The summed E-state index contributed by atoms with van der Waals surface area (Å²) >= 11 is 1.50. The van der Waals surface area contributed by atoms with Crippen molar-refractivity contribution in [1.82, 2.24) is 10.2 Å². The second-order valence-corrected chi connectivity index (χ2v) is 10.1. The summed E-state index contributed by atoms with van der Waals surface area (Å²) in [7, 11) is -2.87. The Morgan fingerprint density at radius 2 is 2.00 bits per heavy atom. The van der Waals surface area contributed by atoms with Crippen molar-refractivity contribution in [2.45, 2.75) is 38.3 Å². The lowest BCUT2D eigenvalue weighted by atomic mass is 10.1. The number of aryl methyl sites for hydroxylation is 2. The zero-order chi connectivity index (χ0) is 18.6. The molecule has 0 saturated carbocycles. The van der Waals surface area contributed by atoms with Crippen LogP contribution in [0.5, 0.6) is 5.75 Å². The van der Waals surface area contributed by atoms with Crippen LogP contribution in [-0.4, -0.2) is 42.5 Å². The molecule has 0 amide bonds. The summed E-state index contributed by atoms with van der Waals surface area (Å²) in [6, 6.07) is 6.19. The number of ether oxygens (including phenoxy) is 1. The Bertz CT molecular complexity index is 828. The standard InChI is InChI=1S/C18H24N2O4S2/c1-13-8-14(2)10-16(9-13)23-5-3-6-25-18-20-19-17(24-18)11-15-4-7-26(21,22)12-15/h8-10,15H,3-7,11-12H2,1-2H3. The molecule has 1 unspecified atom stereocenters. The Labute approximate surface area is 158 Å². The van der Waals surface area contributed by atoms with Crippen molar-refractivity contribution in [3.05, 3.63) is 35.2 Å². The van der Waals surface area contributed by atoms with Crippen molar-refractivity contribution in [1.29, 1.82) is 0 Å². The minimum atomic E-state index is -2.87. The number of benzene rings is 1. The predicted molar refractivity (Wildman–Crippen MR) is 102 cm³/mol. The summed E-state index contributed by atoms with van der Waals surface area (Å²) in [5.74, 6) is 2.86. The van der Waals surface area contributed by atoms with E-state index in [1.165, 1.54) is 22.9 Å².